The quantitative estimate of drug-likeness (QED) is 0.388. The van der Waals surface area contributed by atoms with Crippen molar-refractivity contribution in [2.24, 2.45) is 0 Å². The molecule has 0 radical (unpaired) electrons. The lowest BCUT2D eigenvalue weighted by Gasteiger charge is -2.02. The van der Waals surface area contributed by atoms with Crippen LogP contribution in [0.5, 0.6) is 0 Å². The standard InChI is InChI=1S/C9H15NO3/c1-4-13-9(12)8(11)5-6-10-7(2)3/h5-7,10H,4H2,1-3H3/b6-5-. The van der Waals surface area contributed by atoms with Crippen LogP contribution >= 0.6 is 0 Å². The molecule has 0 spiro atoms. The molecule has 0 unspecified atom stereocenters. The fourth-order valence-electron chi connectivity index (χ4n) is 0.587. The number of ether oxygens (including phenoxy) is 1. The number of hydrogen-bond donors (Lipinski definition) is 1. The van der Waals surface area contributed by atoms with Crippen molar-refractivity contribution in [1.82, 2.24) is 5.32 Å². The van der Waals surface area contributed by atoms with E-state index in [1.54, 1.807) is 6.92 Å². The summed E-state index contributed by atoms with van der Waals surface area (Å²) in [5, 5.41) is 2.86. The van der Waals surface area contributed by atoms with Crippen LogP contribution in [0.3, 0.4) is 0 Å². The van der Waals surface area contributed by atoms with Gasteiger partial charge < -0.3 is 10.1 Å². The van der Waals surface area contributed by atoms with Crippen molar-refractivity contribution < 1.29 is 14.3 Å². The minimum absolute atomic E-state index is 0.218. The molecule has 0 aliphatic heterocycles. The Kier molecular flexibility index (Phi) is 5.59. The summed E-state index contributed by atoms with van der Waals surface area (Å²) < 4.78 is 4.49. The zero-order valence-electron chi connectivity index (χ0n) is 8.16. The van der Waals surface area contributed by atoms with E-state index in [1.807, 2.05) is 13.8 Å². The Labute approximate surface area is 78.0 Å². The van der Waals surface area contributed by atoms with E-state index in [0.29, 0.717) is 0 Å². The van der Waals surface area contributed by atoms with Crippen LogP contribution in [0.4, 0.5) is 0 Å². The minimum atomic E-state index is -0.815. The van der Waals surface area contributed by atoms with Crippen molar-refractivity contribution in [3.05, 3.63) is 12.3 Å². The molecule has 0 aromatic heterocycles. The maximum absolute atomic E-state index is 10.9. The Morgan fingerprint density at radius 2 is 2.08 bits per heavy atom. The average Bonchev–Trinajstić information content (AvgIpc) is 2.04. The van der Waals surface area contributed by atoms with Gasteiger partial charge in [0, 0.05) is 18.3 Å². The molecule has 0 bridgehead atoms. The summed E-state index contributed by atoms with van der Waals surface area (Å²) in [7, 11) is 0. The molecule has 0 amide bonds. The van der Waals surface area contributed by atoms with Crippen molar-refractivity contribution >= 4 is 11.8 Å². The third-order valence-electron chi connectivity index (χ3n) is 1.14. The first kappa shape index (κ1) is 11.7. The lowest BCUT2D eigenvalue weighted by Crippen LogP contribution is -2.18. The molecule has 0 saturated heterocycles. The molecule has 0 rings (SSSR count). The van der Waals surface area contributed by atoms with E-state index in [0.717, 1.165) is 6.08 Å². The van der Waals surface area contributed by atoms with Crippen LogP contribution in [0.1, 0.15) is 20.8 Å². The number of nitrogens with one attached hydrogen (secondary N) is 1. The summed E-state index contributed by atoms with van der Waals surface area (Å²) >= 11 is 0. The summed E-state index contributed by atoms with van der Waals surface area (Å²) in [4.78, 5) is 21.7. The molecule has 0 aliphatic rings. The fraction of sp³-hybridized carbons (Fsp3) is 0.556. The molecule has 0 fully saturated rings. The van der Waals surface area contributed by atoms with Crippen LogP contribution in [0.15, 0.2) is 12.3 Å². The van der Waals surface area contributed by atoms with Crippen LogP contribution < -0.4 is 5.32 Å². The Balaban J connectivity index is 3.85. The van der Waals surface area contributed by atoms with Crippen molar-refractivity contribution in [2.45, 2.75) is 26.8 Å². The second kappa shape index (κ2) is 6.22. The van der Waals surface area contributed by atoms with Crippen molar-refractivity contribution in [3.63, 3.8) is 0 Å². The van der Waals surface area contributed by atoms with E-state index in [9.17, 15) is 9.59 Å². The van der Waals surface area contributed by atoms with Crippen LogP contribution in [0.2, 0.25) is 0 Å². The number of rotatable bonds is 5. The topological polar surface area (TPSA) is 55.4 Å². The molecule has 1 N–H and O–H groups in total. The summed E-state index contributed by atoms with van der Waals surface area (Å²) in [5.74, 6) is -1.46. The molecule has 0 aliphatic carbocycles. The second-order valence-corrected chi connectivity index (χ2v) is 2.74. The van der Waals surface area contributed by atoms with Gasteiger partial charge in [-0.2, -0.15) is 0 Å². The normalized spacial score (nSPS) is 10.5. The monoisotopic (exact) mass is 185 g/mol. The van der Waals surface area contributed by atoms with Gasteiger partial charge in [0.2, 0.25) is 0 Å². The summed E-state index contributed by atoms with van der Waals surface area (Å²) in [6, 6.07) is 0.242. The summed E-state index contributed by atoms with van der Waals surface area (Å²) in [5.41, 5.74) is 0. The highest BCUT2D eigenvalue weighted by atomic mass is 16.5. The van der Waals surface area contributed by atoms with E-state index in [2.05, 4.69) is 10.1 Å². The van der Waals surface area contributed by atoms with E-state index >= 15 is 0 Å². The van der Waals surface area contributed by atoms with E-state index < -0.39 is 11.8 Å². The van der Waals surface area contributed by atoms with E-state index in [-0.39, 0.29) is 12.6 Å². The number of carbonyl (C=O) groups is 2. The number of hydrogen-bond acceptors (Lipinski definition) is 4. The lowest BCUT2D eigenvalue weighted by atomic mass is 10.3. The molecule has 74 valence electrons. The van der Waals surface area contributed by atoms with Gasteiger partial charge in [-0.15, -0.1) is 0 Å². The van der Waals surface area contributed by atoms with Gasteiger partial charge in [0.25, 0.3) is 5.78 Å². The Bertz CT molecular complexity index is 209. The summed E-state index contributed by atoms with van der Waals surface area (Å²) in [6.45, 7) is 5.73. The first-order valence-corrected chi connectivity index (χ1v) is 4.21. The van der Waals surface area contributed by atoms with Crippen LogP contribution in [0.25, 0.3) is 0 Å². The van der Waals surface area contributed by atoms with Crippen molar-refractivity contribution in [1.29, 1.82) is 0 Å². The predicted octanol–water partition coefficient (Wildman–Crippen LogP) is 0.630. The minimum Gasteiger partial charge on any atom is -0.460 e. The highest BCUT2D eigenvalue weighted by Gasteiger charge is 2.09. The Hall–Kier alpha value is -1.32. The zero-order chi connectivity index (χ0) is 10.3. The van der Waals surface area contributed by atoms with Gasteiger partial charge in [0.05, 0.1) is 6.61 Å². The molecule has 4 nitrogen and oxygen atoms in total. The molecule has 13 heavy (non-hydrogen) atoms. The Morgan fingerprint density at radius 1 is 1.46 bits per heavy atom. The number of esters is 1. The molecular weight excluding hydrogens is 170 g/mol. The first-order chi connectivity index (χ1) is 6.07. The van der Waals surface area contributed by atoms with Gasteiger partial charge in [-0.3, -0.25) is 4.79 Å². The molecule has 0 aromatic rings. The van der Waals surface area contributed by atoms with Crippen LogP contribution in [-0.2, 0) is 14.3 Å². The van der Waals surface area contributed by atoms with Gasteiger partial charge in [0.15, 0.2) is 0 Å². The van der Waals surface area contributed by atoms with Gasteiger partial charge in [-0.05, 0) is 20.8 Å². The predicted molar refractivity (Wildman–Crippen MR) is 49.1 cm³/mol. The van der Waals surface area contributed by atoms with Gasteiger partial charge in [-0.1, -0.05) is 0 Å². The summed E-state index contributed by atoms with van der Waals surface area (Å²) in [6.07, 6.45) is 2.61. The van der Waals surface area contributed by atoms with Crippen LogP contribution in [-0.4, -0.2) is 24.4 Å². The first-order valence-electron chi connectivity index (χ1n) is 4.21. The van der Waals surface area contributed by atoms with Gasteiger partial charge in [0.1, 0.15) is 0 Å². The maximum Gasteiger partial charge on any atom is 0.379 e. The second-order valence-electron chi connectivity index (χ2n) is 2.74. The number of ketones is 1. The molecule has 4 heteroatoms. The highest BCUT2D eigenvalue weighted by Crippen LogP contribution is 1.84. The smallest absolute Gasteiger partial charge is 0.379 e. The van der Waals surface area contributed by atoms with Crippen molar-refractivity contribution in [2.75, 3.05) is 6.61 Å². The molecule has 0 atom stereocenters. The SMILES string of the molecule is CCOC(=O)C(=O)/C=C\NC(C)C. The van der Waals surface area contributed by atoms with E-state index in [1.165, 1.54) is 6.20 Å². The van der Waals surface area contributed by atoms with Gasteiger partial charge >= 0.3 is 5.97 Å². The molecule has 0 heterocycles. The molecule has 0 saturated carbocycles. The third-order valence-corrected chi connectivity index (χ3v) is 1.14. The fourth-order valence-corrected chi connectivity index (χ4v) is 0.587. The zero-order valence-corrected chi connectivity index (χ0v) is 8.16. The van der Waals surface area contributed by atoms with Gasteiger partial charge in [-0.25, -0.2) is 4.79 Å². The Morgan fingerprint density at radius 3 is 2.54 bits per heavy atom. The van der Waals surface area contributed by atoms with Crippen LogP contribution in [0, 0.1) is 0 Å². The molecular formula is C9H15NO3. The maximum atomic E-state index is 10.9. The highest BCUT2D eigenvalue weighted by molar-refractivity contribution is 6.38. The largest absolute Gasteiger partial charge is 0.460 e. The average molecular weight is 185 g/mol. The lowest BCUT2D eigenvalue weighted by molar-refractivity contribution is -0.151. The van der Waals surface area contributed by atoms with E-state index in [4.69, 9.17) is 0 Å². The molecule has 0 aromatic carbocycles. The van der Waals surface area contributed by atoms with Crippen molar-refractivity contribution in [3.8, 4) is 0 Å². The number of carbonyl (C=O) groups excluding carboxylic acids is 2. The third kappa shape index (κ3) is 5.90.